The van der Waals surface area contributed by atoms with E-state index in [0.717, 1.165) is 15.4 Å². The van der Waals surface area contributed by atoms with Crippen LogP contribution in [0.2, 0.25) is 5.02 Å². The number of nitrogens with one attached hydrogen (secondary N) is 1. The van der Waals surface area contributed by atoms with E-state index in [1.165, 1.54) is 0 Å². The van der Waals surface area contributed by atoms with Gasteiger partial charge in [0.15, 0.2) is 0 Å². The normalized spacial score (nSPS) is 10.2. The van der Waals surface area contributed by atoms with Crippen molar-refractivity contribution >= 4 is 38.4 Å². The third-order valence-corrected chi connectivity index (χ3v) is 2.83. The second-order valence-electron chi connectivity index (χ2n) is 2.59. The lowest BCUT2D eigenvalue weighted by atomic mass is 10.2. The lowest BCUT2D eigenvalue weighted by Crippen LogP contribution is -1.74. The van der Waals surface area contributed by atoms with E-state index >= 15 is 0 Å². The zero-order valence-electron chi connectivity index (χ0n) is 6.44. The van der Waals surface area contributed by atoms with Crippen molar-refractivity contribution in [3.05, 3.63) is 33.4 Å². The van der Waals surface area contributed by atoms with E-state index in [9.17, 15) is 0 Å². The summed E-state index contributed by atoms with van der Waals surface area (Å²) in [4.78, 5) is 2.99. The highest BCUT2D eigenvalue weighted by atomic mass is 79.9. The third kappa shape index (κ3) is 1.23. The number of nitriles is 1. The number of rotatable bonds is 0. The van der Waals surface area contributed by atoms with Gasteiger partial charge in [-0.1, -0.05) is 11.6 Å². The van der Waals surface area contributed by atoms with Crippen LogP contribution in [0.25, 0.3) is 10.9 Å². The van der Waals surface area contributed by atoms with Crippen LogP contribution in [0.1, 0.15) is 5.56 Å². The number of H-pyrrole nitrogens is 1. The first-order valence-corrected chi connectivity index (χ1v) is 4.76. The molecule has 0 amide bonds. The molecule has 0 aliphatic rings. The van der Waals surface area contributed by atoms with Crippen LogP contribution in [0.4, 0.5) is 0 Å². The first-order valence-electron chi connectivity index (χ1n) is 3.59. The topological polar surface area (TPSA) is 39.6 Å². The van der Waals surface area contributed by atoms with Gasteiger partial charge in [-0.05, 0) is 28.1 Å². The molecule has 1 N–H and O–H groups in total. The molecule has 0 aliphatic carbocycles. The Morgan fingerprint density at radius 1 is 1.46 bits per heavy atom. The van der Waals surface area contributed by atoms with Crippen molar-refractivity contribution in [2.24, 2.45) is 0 Å². The van der Waals surface area contributed by atoms with E-state index < -0.39 is 0 Å². The summed E-state index contributed by atoms with van der Waals surface area (Å²) in [6, 6.07) is 5.70. The number of hydrogen-bond acceptors (Lipinski definition) is 1. The third-order valence-electron chi connectivity index (χ3n) is 1.85. The predicted octanol–water partition coefficient (Wildman–Crippen LogP) is 3.46. The fraction of sp³-hybridized carbons (Fsp3) is 0. The van der Waals surface area contributed by atoms with Crippen molar-refractivity contribution in [1.29, 1.82) is 5.26 Å². The molecule has 0 aliphatic heterocycles. The molecule has 1 heterocycles. The molecule has 0 saturated heterocycles. The van der Waals surface area contributed by atoms with Crippen molar-refractivity contribution in [3.8, 4) is 6.07 Å². The smallest absolute Gasteiger partial charge is 0.101 e. The quantitative estimate of drug-likeness (QED) is 0.769. The van der Waals surface area contributed by atoms with Crippen molar-refractivity contribution in [3.63, 3.8) is 0 Å². The fourth-order valence-electron chi connectivity index (χ4n) is 1.26. The van der Waals surface area contributed by atoms with Gasteiger partial charge in [-0.2, -0.15) is 5.26 Å². The molecule has 4 heteroatoms. The van der Waals surface area contributed by atoms with Crippen LogP contribution in [0.15, 0.2) is 22.8 Å². The molecular weight excluding hydrogens is 251 g/mol. The lowest BCUT2D eigenvalue weighted by molar-refractivity contribution is 1.44. The first-order chi connectivity index (χ1) is 6.24. The minimum atomic E-state index is 0.571. The Morgan fingerprint density at radius 3 is 2.92 bits per heavy atom. The van der Waals surface area contributed by atoms with E-state index in [1.54, 1.807) is 12.3 Å². The van der Waals surface area contributed by atoms with Crippen molar-refractivity contribution < 1.29 is 0 Å². The standard InChI is InChI=1S/C9H4BrClN2/c10-6-1-2-7(11)8-5(3-12)4-13-9(6)8/h1-2,4,13H. The number of hydrogen-bond donors (Lipinski definition) is 1. The highest BCUT2D eigenvalue weighted by molar-refractivity contribution is 9.10. The van der Waals surface area contributed by atoms with Crippen LogP contribution < -0.4 is 0 Å². The number of benzene rings is 1. The van der Waals surface area contributed by atoms with E-state index in [-0.39, 0.29) is 0 Å². The largest absolute Gasteiger partial charge is 0.359 e. The van der Waals surface area contributed by atoms with Crippen LogP contribution in [0.3, 0.4) is 0 Å². The molecule has 2 nitrogen and oxygen atoms in total. The lowest BCUT2D eigenvalue weighted by Gasteiger charge is -1.96. The molecule has 2 rings (SSSR count). The zero-order valence-corrected chi connectivity index (χ0v) is 8.78. The van der Waals surface area contributed by atoms with E-state index in [2.05, 4.69) is 27.0 Å². The molecule has 1 aromatic heterocycles. The second kappa shape index (κ2) is 3.06. The Labute approximate surface area is 88.3 Å². The van der Waals surface area contributed by atoms with Gasteiger partial charge in [0.25, 0.3) is 0 Å². The van der Waals surface area contributed by atoms with Crippen LogP contribution in [-0.4, -0.2) is 4.98 Å². The number of fused-ring (bicyclic) bond motifs is 1. The molecular formula is C9H4BrClN2. The van der Waals surface area contributed by atoms with Crippen LogP contribution in [0, 0.1) is 11.3 Å². The number of aromatic nitrogens is 1. The van der Waals surface area contributed by atoms with E-state index in [1.807, 2.05) is 6.07 Å². The van der Waals surface area contributed by atoms with Gasteiger partial charge in [0.05, 0.1) is 16.1 Å². The SMILES string of the molecule is N#Cc1c[nH]c2c(Br)ccc(Cl)c12. The highest BCUT2D eigenvalue weighted by Crippen LogP contribution is 2.31. The predicted molar refractivity (Wildman–Crippen MR) is 55.7 cm³/mol. The molecule has 64 valence electrons. The molecule has 13 heavy (non-hydrogen) atoms. The van der Waals surface area contributed by atoms with Gasteiger partial charge in [0.1, 0.15) is 6.07 Å². The van der Waals surface area contributed by atoms with Gasteiger partial charge in [-0.25, -0.2) is 0 Å². The molecule has 2 aromatic rings. The average Bonchev–Trinajstić information content (AvgIpc) is 2.56. The maximum atomic E-state index is 8.80. The van der Waals surface area contributed by atoms with Crippen molar-refractivity contribution in [2.45, 2.75) is 0 Å². The Morgan fingerprint density at radius 2 is 2.23 bits per heavy atom. The Hall–Kier alpha value is -0.980. The van der Waals surface area contributed by atoms with Gasteiger partial charge >= 0.3 is 0 Å². The number of nitrogens with zero attached hydrogens (tertiary/aromatic N) is 1. The second-order valence-corrected chi connectivity index (χ2v) is 3.85. The maximum Gasteiger partial charge on any atom is 0.101 e. The summed E-state index contributed by atoms with van der Waals surface area (Å²) in [6.07, 6.45) is 1.65. The minimum absolute atomic E-state index is 0.571. The maximum absolute atomic E-state index is 8.80. The minimum Gasteiger partial charge on any atom is -0.359 e. The summed E-state index contributed by atoms with van der Waals surface area (Å²) in [5.41, 5.74) is 1.44. The van der Waals surface area contributed by atoms with E-state index in [0.29, 0.717) is 10.6 Å². The van der Waals surface area contributed by atoms with Gasteiger partial charge < -0.3 is 4.98 Å². The summed E-state index contributed by atoms with van der Waals surface area (Å²) in [7, 11) is 0. The average molecular weight is 256 g/mol. The summed E-state index contributed by atoms with van der Waals surface area (Å²) < 4.78 is 0.911. The van der Waals surface area contributed by atoms with Crippen LogP contribution in [-0.2, 0) is 0 Å². The summed E-state index contributed by atoms with van der Waals surface area (Å²) in [5.74, 6) is 0. The molecule has 0 radical (unpaired) electrons. The van der Waals surface area contributed by atoms with E-state index in [4.69, 9.17) is 16.9 Å². The molecule has 0 unspecified atom stereocenters. The van der Waals surface area contributed by atoms with Gasteiger partial charge in [0.2, 0.25) is 0 Å². The number of halogens is 2. The molecule has 0 spiro atoms. The Balaban J connectivity index is 2.98. The van der Waals surface area contributed by atoms with Crippen molar-refractivity contribution in [2.75, 3.05) is 0 Å². The van der Waals surface area contributed by atoms with Crippen LogP contribution >= 0.6 is 27.5 Å². The molecule has 0 saturated carbocycles. The molecule has 0 fully saturated rings. The van der Waals surface area contributed by atoms with Gasteiger partial charge in [-0.15, -0.1) is 0 Å². The van der Waals surface area contributed by atoms with Gasteiger partial charge in [0, 0.05) is 16.1 Å². The molecule has 1 aromatic carbocycles. The summed E-state index contributed by atoms with van der Waals surface area (Å²) in [5, 5.41) is 10.2. The van der Waals surface area contributed by atoms with Crippen LogP contribution in [0.5, 0.6) is 0 Å². The first kappa shape index (κ1) is 8.61. The summed E-state index contributed by atoms with van der Waals surface area (Å²) in [6.45, 7) is 0. The zero-order chi connectivity index (χ0) is 9.42. The molecule has 0 bridgehead atoms. The monoisotopic (exact) mass is 254 g/mol. The Bertz CT molecular complexity index is 510. The van der Waals surface area contributed by atoms with Crippen molar-refractivity contribution in [1.82, 2.24) is 4.98 Å². The fourth-order valence-corrected chi connectivity index (χ4v) is 1.97. The number of aromatic amines is 1. The Kier molecular flexibility index (Phi) is 2.03. The van der Waals surface area contributed by atoms with Gasteiger partial charge in [-0.3, -0.25) is 0 Å². The highest BCUT2D eigenvalue weighted by Gasteiger charge is 2.08. The summed E-state index contributed by atoms with van der Waals surface area (Å²) >= 11 is 9.34. The molecule has 0 atom stereocenters.